The molecule has 1 rings (SSSR count). The van der Waals surface area contributed by atoms with Crippen LogP contribution in [-0.4, -0.2) is 19.0 Å². The maximum atomic E-state index is 11.1. The number of hydrogen-bond donors (Lipinski definition) is 2. The summed E-state index contributed by atoms with van der Waals surface area (Å²) in [4.78, 5) is 13.2. The molecular formula is C12H19N3O. The van der Waals surface area contributed by atoms with Crippen molar-refractivity contribution in [1.82, 2.24) is 0 Å². The van der Waals surface area contributed by atoms with Crippen molar-refractivity contribution >= 4 is 17.3 Å². The molecule has 1 aromatic carbocycles. The Labute approximate surface area is 96.2 Å². The molecule has 0 atom stereocenters. The van der Waals surface area contributed by atoms with Gasteiger partial charge in [0.2, 0.25) is 5.91 Å². The summed E-state index contributed by atoms with van der Waals surface area (Å²) < 4.78 is 0. The number of primary amides is 1. The first kappa shape index (κ1) is 12.4. The van der Waals surface area contributed by atoms with Crippen molar-refractivity contribution in [2.75, 3.05) is 23.7 Å². The molecule has 0 saturated heterocycles. The van der Waals surface area contributed by atoms with E-state index in [4.69, 9.17) is 11.5 Å². The van der Waals surface area contributed by atoms with Gasteiger partial charge in [0.05, 0.1) is 11.4 Å². The molecule has 0 aromatic heterocycles. The molecule has 4 N–H and O–H groups in total. The normalized spacial score (nSPS) is 10.1. The van der Waals surface area contributed by atoms with Crippen LogP contribution in [0.1, 0.15) is 30.6 Å². The molecule has 0 radical (unpaired) electrons. The van der Waals surface area contributed by atoms with Crippen LogP contribution in [0.25, 0.3) is 0 Å². The van der Waals surface area contributed by atoms with E-state index >= 15 is 0 Å². The lowest BCUT2D eigenvalue weighted by atomic mass is 10.1. The zero-order valence-electron chi connectivity index (χ0n) is 9.86. The number of nitrogens with zero attached hydrogens (tertiary/aromatic N) is 1. The Balaban J connectivity index is 3.09. The van der Waals surface area contributed by atoms with Crippen molar-refractivity contribution in [2.24, 2.45) is 5.73 Å². The zero-order chi connectivity index (χ0) is 12.1. The van der Waals surface area contributed by atoms with Crippen molar-refractivity contribution < 1.29 is 4.79 Å². The molecule has 1 aromatic rings. The Morgan fingerprint density at radius 3 is 2.56 bits per heavy atom. The van der Waals surface area contributed by atoms with Gasteiger partial charge in [-0.25, -0.2) is 0 Å². The van der Waals surface area contributed by atoms with Crippen molar-refractivity contribution in [3.63, 3.8) is 0 Å². The maximum Gasteiger partial charge on any atom is 0.248 e. The lowest BCUT2D eigenvalue weighted by Crippen LogP contribution is -2.25. The predicted octanol–water partition coefficient (Wildman–Crippen LogP) is 1.60. The number of benzene rings is 1. The molecule has 88 valence electrons. The Hall–Kier alpha value is -1.71. The first-order valence-corrected chi connectivity index (χ1v) is 5.54. The van der Waals surface area contributed by atoms with Gasteiger partial charge in [-0.05, 0) is 31.5 Å². The Kier molecular flexibility index (Phi) is 4.17. The minimum atomic E-state index is -0.422. The third-order valence-corrected chi connectivity index (χ3v) is 2.53. The highest BCUT2D eigenvalue weighted by molar-refractivity contribution is 5.95. The van der Waals surface area contributed by atoms with Crippen molar-refractivity contribution in [3.8, 4) is 0 Å². The van der Waals surface area contributed by atoms with Crippen LogP contribution >= 0.6 is 0 Å². The fraction of sp³-hybridized carbons (Fsp3) is 0.417. The number of rotatable bonds is 5. The van der Waals surface area contributed by atoms with E-state index < -0.39 is 5.91 Å². The summed E-state index contributed by atoms with van der Waals surface area (Å²) in [5, 5.41) is 0. The van der Waals surface area contributed by atoms with E-state index in [1.807, 2.05) is 0 Å². The number of carbonyl (C=O) groups excluding carboxylic acids is 1. The van der Waals surface area contributed by atoms with E-state index in [1.165, 1.54) is 0 Å². The molecule has 0 spiro atoms. The van der Waals surface area contributed by atoms with Gasteiger partial charge >= 0.3 is 0 Å². The third-order valence-electron chi connectivity index (χ3n) is 2.53. The van der Waals surface area contributed by atoms with E-state index in [1.54, 1.807) is 18.2 Å². The average Bonchev–Trinajstić information content (AvgIpc) is 2.26. The van der Waals surface area contributed by atoms with Crippen LogP contribution in [-0.2, 0) is 0 Å². The van der Waals surface area contributed by atoms with Crippen LogP contribution in [0.15, 0.2) is 18.2 Å². The first-order valence-electron chi connectivity index (χ1n) is 5.54. The smallest absolute Gasteiger partial charge is 0.248 e. The molecule has 0 aliphatic rings. The van der Waals surface area contributed by atoms with Gasteiger partial charge in [0.25, 0.3) is 0 Å². The highest BCUT2D eigenvalue weighted by Crippen LogP contribution is 2.24. The van der Waals surface area contributed by atoms with Crippen molar-refractivity contribution in [2.45, 2.75) is 20.3 Å². The van der Waals surface area contributed by atoms with E-state index in [0.29, 0.717) is 11.3 Å². The minimum absolute atomic E-state index is 0.422. The van der Waals surface area contributed by atoms with Crippen LogP contribution in [0, 0.1) is 0 Å². The van der Waals surface area contributed by atoms with Crippen molar-refractivity contribution in [3.05, 3.63) is 23.8 Å². The Morgan fingerprint density at radius 2 is 2.06 bits per heavy atom. The van der Waals surface area contributed by atoms with E-state index in [0.717, 1.165) is 25.2 Å². The van der Waals surface area contributed by atoms with Gasteiger partial charge in [-0.2, -0.15) is 0 Å². The summed E-state index contributed by atoms with van der Waals surface area (Å²) in [5.74, 6) is -0.422. The second-order valence-corrected chi connectivity index (χ2v) is 3.72. The number of anilines is 2. The second-order valence-electron chi connectivity index (χ2n) is 3.72. The van der Waals surface area contributed by atoms with Crippen LogP contribution in [0.3, 0.4) is 0 Å². The molecule has 0 aliphatic heterocycles. The Morgan fingerprint density at radius 1 is 1.38 bits per heavy atom. The van der Waals surface area contributed by atoms with Crippen molar-refractivity contribution in [1.29, 1.82) is 0 Å². The summed E-state index contributed by atoms with van der Waals surface area (Å²) in [6.45, 7) is 5.95. The van der Waals surface area contributed by atoms with Crippen LogP contribution in [0.2, 0.25) is 0 Å². The monoisotopic (exact) mass is 221 g/mol. The number of carbonyl (C=O) groups is 1. The summed E-state index contributed by atoms with van der Waals surface area (Å²) in [6, 6.07) is 5.14. The quantitative estimate of drug-likeness (QED) is 0.742. The van der Waals surface area contributed by atoms with Gasteiger partial charge in [0.1, 0.15) is 0 Å². The lowest BCUT2D eigenvalue weighted by Gasteiger charge is -2.24. The standard InChI is InChI=1S/C12H19N3O/c1-3-7-15(4-2)11-8-9(12(14)16)5-6-10(11)13/h5-6,8H,3-4,7,13H2,1-2H3,(H2,14,16). The summed E-state index contributed by atoms with van der Waals surface area (Å²) in [6.07, 6.45) is 1.04. The molecule has 0 aliphatic carbocycles. The predicted molar refractivity (Wildman–Crippen MR) is 67.6 cm³/mol. The fourth-order valence-corrected chi connectivity index (χ4v) is 1.69. The number of hydrogen-bond acceptors (Lipinski definition) is 3. The molecule has 0 unspecified atom stereocenters. The average molecular weight is 221 g/mol. The van der Waals surface area contributed by atoms with Gasteiger partial charge < -0.3 is 16.4 Å². The van der Waals surface area contributed by atoms with Gasteiger partial charge in [0.15, 0.2) is 0 Å². The molecule has 4 nitrogen and oxygen atoms in total. The second kappa shape index (κ2) is 5.39. The molecule has 0 heterocycles. The topological polar surface area (TPSA) is 72.3 Å². The fourth-order valence-electron chi connectivity index (χ4n) is 1.69. The molecule has 16 heavy (non-hydrogen) atoms. The molecule has 1 amide bonds. The molecule has 4 heteroatoms. The Bertz CT molecular complexity index is 377. The van der Waals surface area contributed by atoms with Crippen LogP contribution in [0.4, 0.5) is 11.4 Å². The van der Waals surface area contributed by atoms with E-state index in [9.17, 15) is 4.79 Å². The number of nitrogen functional groups attached to an aromatic ring is 1. The largest absolute Gasteiger partial charge is 0.397 e. The third kappa shape index (κ3) is 2.66. The highest BCUT2D eigenvalue weighted by Gasteiger charge is 2.10. The van der Waals surface area contributed by atoms with Gasteiger partial charge in [-0.15, -0.1) is 0 Å². The maximum absolute atomic E-state index is 11.1. The zero-order valence-corrected chi connectivity index (χ0v) is 9.86. The van der Waals surface area contributed by atoms with Gasteiger partial charge in [0, 0.05) is 18.7 Å². The molecule has 0 saturated carbocycles. The lowest BCUT2D eigenvalue weighted by molar-refractivity contribution is 0.100. The van der Waals surface area contributed by atoms with Crippen LogP contribution in [0.5, 0.6) is 0 Å². The summed E-state index contributed by atoms with van der Waals surface area (Å²) in [5.41, 5.74) is 13.2. The molecule has 0 bridgehead atoms. The summed E-state index contributed by atoms with van der Waals surface area (Å²) >= 11 is 0. The van der Waals surface area contributed by atoms with Crippen LogP contribution < -0.4 is 16.4 Å². The molecular weight excluding hydrogens is 202 g/mol. The molecule has 0 fully saturated rings. The SMILES string of the molecule is CCCN(CC)c1cc(C(N)=O)ccc1N. The van der Waals surface area contributed by atoms with Gasteiger partial charge in [-0.1, -0.05) is 6.92 Å². The number of amides is 1. The highest BCUT2D eigenvalue weighted by atomic mass is 16.1. The van der Waals surface area contributed by atoms with E-state index in [2.05, 4.69) is 18.7 Å². The minimum Gasteiger partial charge on any atom is -0.397 e. The summed E-state index contributed by atoms with van der Waals surface area (Å²) in [7, 11) is 0. The van der Waals surface area contributed by atoms with Gasteiger partial charge in [-0.3, -0.25) is 4.79 Å². The first-order chi connectivity index (χ1) is 7.60. The van der Waals surface area contributed by atoms with E-state index in [-0.39, 0.29) is 0 Å². The number of nitrogens with two attached hydrogens (primary N) is 2.